The van der Waals surface area contributed by atoms with Crippen LogP contribution in [0.5, 0.6) is 0 Å². The Morgan fingerprint density at radius 3 is 2.93 bits per heavy atom. The first-order chi connectivity index (χ1) is 7.11. The first-order valence-corrected chi connectivity index (χ1v) is 4.67. The predicted molar refractivity (Wildman–Crippen MR) is 56.3 cm³/mol. The third-order valence-electron chi connectivity index (χ3n) is 1.88. The highest BCUT2D eigenvalue weighted by Crippen LogP contribution is 2.02. The first kappa shape index (κ1) is 11.4. The summed E-state index contributed by atoms with van der Waals surface area (Å²) in [5, 5.41) is 8.44. The second-order valence-corrected chi connectivity index (χ2v) is 3.40. The average Bonchev–Trinajstić information content (AvgIpc) is 2.21. The highest BCUT2D eigenvalue weighted by Gasteiger charge is 2.08. The normalized spacial score (nSPS) is 12.1. The maximum atomic E-state index is 11.4. The Morgan fingerprint density at radius 1 is 1.67 bits per heavy atom. The van der Waals surface area contributed by atoms with Gasteiger partial charge >= 0.3 is 0 Å². The maximum Gasteiger partial charge on any atom is 0.264 e. The van der Waals surface area contributed by atoms with Gasteiger partial charge in [0.2, 0.25) is 5.91 Å². The number of hydrogen-bond acceptors (Lipinski definition) is 4. The van der Waals surface area contributed by atoms with Crippen molar-refractivity contribution in [1.29, 1.82) is 0 Å². The van der Waals surface area contributed by atoms with Gasteiger partial charge in [-0.15, -0.1) is 0 Å². The number of H-pyrrole nitrogens is 1. The van der Waals surface area contributed by atoms with Crippen LogP contribution in [-0.2, 0) is 4.79 Å². The van der Waals surface area contributed by atoms with Gasteiger partial charge in [-0.25, -0.2) is 5.10 Å². The van der Waals surface area contributed by atoms with Crippen molar-refractivity contribution >= 4 is 11.7 Å². The third kappa shape index (κ3) is 3.90. The number of nitrogens with zero attached hydrogens (tertiary/aromatic N) is 1. The molecule has 6 nitrogen and oxygen atoms in total. The molecule has 0 radical (unpaired) electrons. The molecule has 82 valence electrons. The predicted octanol–water partition coefficient (Wildman–Crippen LogP) is -0.307. The van der Waals surface area contributed by atoms with Crippen molar-refractivity contribution in [2.24, 2.45) is 11.7 Å². The Morgan fingerprint density at radius 2 is 2.40 bits per heavy atom. The van der Waals surface area contributed by atoms with Crippen LogP contribution >= 0.6 is 0 Å². The molecule has 0 saturated carbocycles. The van der Waals surface area contributed by atoms with E-state index in [0.29, 0.717) is 18.8 Å². The van der Waals surface area contributed by atoms with Gasteiger partial charge in [0, 0.05) is 12.5 Å². The van der Waals surface area contributed by atoms with Crippen LogP contribution in [0.25, 0.3) is 0 Å². The fraction of sp³-hybridized carbons (Fsp3) is 0.444. The zero-order valence-corrected chi connectivity index (χ0v) is 8.49. The van der Waals surface area contributed by atoms with E-state index in [1.165, 1.54) is 12.1 Å². The number of rotatable bonds is 4. The lowest BCUT2D eigenvalue weighted by Gasteiger charge is -2.07. The van der Waals surface area contributed by atoms with Crippen molar-refractivity contribution in [2.45, 2.75) is 13.3 Å². The third-order valence-corrected chi connectivity index (χ3v) is 1.88. The number of carbonyl (C=O) groups is 1. The standard InChI is InChI=1S/C9H14N4O2/c1-6(5-10)4-9(15)11-7-2-3-8(14)13-12-7/h2-3,6H,4-5,10H2,1H3,(H,13,14)(H,11,12,15). The van der Waals surface area contributed by atoms with Crippen LogP contribution in [0.15, 0.2) is 16.9 Å². The largest absolute Gasteiger partial charge is 0.330 e. The topological polar surface area (TPSA) is 101 Å². The zero-order chi connectivity index (χ0) is 11.3. The number of hydrogen-bond donors (Lipinski definition) is 3. The maximum absolute atomic E-state index is 11.4. The molecule has 0 fully saturated rings. The lowest BCUT2D eigenvalue weighted by molar-refractivity contribution is -0.116. The molecule has 0 aliphatic carbocycles. The molecule has 1 aromatic rings. The molecule has 6 heteroatoms. The molecule has 0 aliphatic heterocycles. The summed E-state index contributed by atoms with van der Waals surface area (Å²) in [6.07, 6.45) is 0.345. The van der Waals surface area contributed by atoms with Crippen molar-refractivity contribution in [3.8, 4) is 0 Å². The highest BCUT2D eigenvalue weighted by atomic mass is 16.1. The molecule has 1 rings (SSSR count). The summed E-state index contributed by atoms with van der Waals surface area (Å²) in [4.78, 5) is 22.1. The first-order valence-electron chi connectivity index (χ1n) is 4.67. The van der Waals surface area contributed by atoms with Crippen LogP contribution in [0.1, 0.15) is 13.3 Å². The lowest BCUT2D eigenvalue weighted by Crippen LogP contribution is -2.21. The molecule has 15 heavy (non-hydrogen) atoms. The van der Waals surface area contributed by atoms with Crippen molar-refractivity contribution in [1.82, 2.24) is 10.2 Å². The van der Waals surface area contributed by atoms with Gasteiger partial charge in [0.15, 0.2) is 5.82 Å². The Labute approximate surface area is 86.9 Å². The SMILES string of the molecule is CC(CN)CC(=O)Nc1ccc(=O)[nH]n1. The minimum atomic E-state index is -0.302. The van der Waals surface area contributed by atoms with Crippen molar-refractivity contribution < 1.29 is 4.79 Å². The quantitative estimate of drug-likeness (QED) is 0.634. The fourth-order valence-electron chi connectivity index (χ4n) is 1.01. The number of anilines is 1. The van der Waals surface area contributed by atoms with Gasteiger partial charge in [0.05, 0.1) is 0 Å². The van der Waals surface area contributed by atoms with E-state index < -0.39 is 0 Å². The van der Waals surface area contributed by atoms with Crippen LogP contribution < -0.4 is 16.6 Å². The van der Waals surface area contributed by atoms with Gasteiger partial charge in [-0.3, -0.25) is 9.59 Å². The molecule has 0 spiro atoms. The molecule has 1 unspecified atom stereocenters. The molecule has 1 atom stereocenters. The molecule has 1 heterocycles. The van der Waals surface area contributed by atoms with Gasteiger partial charge < -0.3 is 11.1 Å². The molecular formula is C9H14N4O2. The molecule has 1 amide bonds. The number of carbonyl (C=O) groups excluding carboxylic acids is 1. The molecule has 0 aromatic carbocycles. The summed E-state index contributed by atoms with van der Waals surface area (Å²) in [6, 6.07) is 2.75. The van der Waals surface area contributed by atoms with E-state index in [-0.39, 0.29) is 17.4 Å². The number of nitrogens with two attached hydrogens (primary N) is 1. The number of aromatic amines is 1. The van der Waals surface area contributed by atoms with Gasteiger partial charge in [-0.05, 0) is 18.5 Å². The average molecular weight is 210 g/mol. The van der Waals surface area contributed by atoms with E-state index >= 15 is 0 Å². The molecule has 0 bridgehead atoms. The summed E-state index contributed by atoms with van der Waals surface area (Å²) in [5.41, 5.74) is 5.09. The summed E-state index contributed by atoms with van der Waals surface area (Å²) in [5.74, 6) is 0.309. The molecule has 0 aliphatic rings. The molecule has 1 aromatic heterocycles. The number of aromatic nitrogens is 2. The van der Waals surface area contributed by atoms with Crippen molar-refractivity contribution in [2.75, 3.05) is 11.9 Å². The van der Waals surface area contributed by atoms with Gasteiger partial charge in [-0.1, -0.05) is 6.92 Å². The summed E-state index contributed by atoms with van der Waals surface area (Å²) in [7, 11) is 0. The summed E-state index contributed by atoms with van der Waals surface area (Å²) < 4.78 is 0. The van der Waals surface area contributed by atoms with Crippen LogP contribution in [-0.4, -0.2) is 22.6 Å². The Hall–Kier alpha value is -1.69. The van der Waals surface area contributed by atoms with E-state index in [2.05, 4.69) is 15.5 Å². The van der Waals surface area contributed by atoms with E-state index in [4.69, 9.17) is 5.73 Å². The number of amides is 1. The molecule has 4 N–H and O–H groups in total. The highest BCUT2D eigenvalue weighted by molar-refractivity contribution is 5.89. The van der Waals surface area contributed by atoms with Crippen LogP contribution in [0, 0.1) is 5.92 Å². The Bertz CT molecular complexity index is 367. The molecule has 0 saturated heterocycles. The van der Waals surface area contributed by atoms with E-state index in [1.54, 1.807) is 0 Å². The van der Waals surface area contributed by atoms with Crippen molar-refractivity contribution in [3.05, 3.63) is 22.5 Å². The van der Waals surface area contributed by atoms with Crippen LogP contribution in [0.2, 0.25) is 0 Å². The monoisotopic (exact) mass is 210 g/mol. The van der Waals surface area contributed by atoms with E-state index in [9.17, 15) is 9.59 Å². The second kappa shape index (κ2) is 5.26. The Balaban J connectivity index is 2.51. The van der Waals surface area contributed by atoms with Gasteiger partial charge in [0.25, 0.3) is 5.56 Å². The Kier molecular flexibility index (Phi) is 3.99. The summed E-state index contributed by atoms with van der Waals surface area (Å²) >= 11 is 0. The second-order valence-electron chi connectivity index (χ2n) is 3.40. The van der Waals surface area contributed by atoms with Crippen LogP contribution in [0.4, 0.5) is 5.82 Å². The lowest BCUT2D eigenvalue weighted by atomic mass is 10.1. The van der Waals surface area contributed by atoms with E-state index in [1.807, 2.05) is 6.92 Å². The van der Waals surface area contributed by atoms with E-state index in [0.717, 1.165) is 0 Å². The summed E-state index contributed by atoms with van der Waals surface area (Å²) in [6.45, 7) is 2.35. The van der Waals surface area contributed by atoms with Gasteiger partial charge in [-0.2, -0.15) is 5.10 Å². The van der Waals surface area contributed by atoms with Gasteiger partial charge in [0.1, 0.15) is 0 Å². The fourth-order valence-corrected chi connectivity index (χ4v) is 1.01. The number of nitrogens with one attached hydrogen (secondary N) is 2. The van der Waals surface area contributed by atoms with Crippen molar-refractivity contribution in [3.63, 3.8) is 0 Å². The zero-order valence-electron chi connectivity index (χ0n) is 8.49. The molecular weight excluding hydrogens is 196 g/mol. The minimum absolute atomic E-state index is 0.132. The van der Waals surface area contributed by atoms with Crippen LogP contribution in [0.3, 0.4) is 0 Å². The smallest absolute Gasteiger partial charge is 0.264 e. The minimum Gasteiger partial charge on any atom is -0.330 e.